The molecule has 0 aromatic heterocycles. The zero-order valence-corrected chi connectivity index (χ0v) is 18.9. The Morgan fingerprint density at radius 1 is 0.786 bits per heavy atom. The molecule has 0 saturated carbocycles. The van der Waals surface area contributed by atoms with E-state index in [1.54, 1.807) is 21.3 Å². The summed E-state index contributed by atoms with van der Waals surface area (Å²) < 4.78 is 17.6. The van der Waals surface area contributed by atoms with E-state index in [1.807, 2.05) is 18.2 Å². The van der Waals surface area contributed by atoms with Crippen LogP contribution < -0.4 is 4.74 Å². The van der Waals surface area contributed by atoms with Crippen molar-refractivity contribution < 1.29 is 45.9 Å². The van der Waals surface area contributed by atoms with Crippen molar-refractivity contribution in [1.29, 1.82) is 0 Å². The predicted molar refractivity (Wildman–Crippen MR) is 108 cm³/mol. The SMILES string of the molecule is CO[C](=[Cr])/C=C/Cc1cc(-c2ccccc2)cc(C/C=C/[C](=[Cr])OC)c1OC. The van der Waals surface area contributed by atoms with E-state index < -0.39 is 0 Å². The quantitative estimate of drug-likeness (QED) is 0.541. The van der Waals surface area contributed by atoms with Crippen LogP contribution in [0.15, 0.2) is 66.8 Å². The number of ether oxygens (including phenoxy) is 3. The first-order valence-corrected chi connectivity index (χ1v) is 10.1. The van der Waals surface area contributed by atoms with E-state index in [2.05, 4.69) is 80.3 Å². The van der Waals surface area contributed by atoms with Gasteiger partial charge < -0.3 is 0 Å². The second-order valence-electron chi connectivity index (χ2n) is 5.95. The molecule has 0 amide bonds. The molecule has 0 aliphatic carbocycles. The fourth-order valence-electron chi connectivity index (χ4n) is 2.82. The van der Waals surface area contributed by atoms with Gasteiger partial charge in [0.15, 0.2) is 0 Å². The minimum atomic E-state index is 0.742. The first-order valence-electron chi connectivity index (χ1n) is 8.83. The summed E-state index contributed by atoms with van der Waals surface area (Å²) >= 11 is 5.77. The second kappa shape index (κ2) is 12.1. The van der Waals surface area contributed by atoms with Crippen molar-refractivity contribution in [2.45, 2.75) is 12.8 Å². The van der Waals surface area contributed by atoms with E-state index in [9.17, 15) is 0 Å². The van der Waals surface area contributed by atoms with Crippen LogP contribution in [0.2, 0.25) is 0 Å². The van der Waals surface area contributed by atoms with Gasteiger partial charge in [0.1, 0.15) is 0 Å². The van der Waals surface area contributed by atoms with Gasteiger partial charge in [-0.3, -0.25) is 0 Å². The fourth-order valence-corrected chi connectivity index (χ4v) is 3.12. The maximum atomic E-state index is 5.78. The zero-order chi connectivity index (χ0) is 20.4. The average Bonchev–Trinajstić information content (AvgIpc) is 2.73. The number of allylic oxidation sites excluding steroid dienone is 2. The molecule has 0 heterocycles. The van der Waals surface area contributed by atoms with E-state index in [-0.39, 0.29) is 0 Å². The molecule has 2 aromatic rings. The van der Waals surface area contributed by atoms with Gasteiger partial charge in [0.25, 0.3) is 0 Å². The van der Waals surface area contributed by atoms with Crippen molar-refractivity contribution in [3.05, 3.63) is 77.9 Å². The molecule has 0 radical (unpaired) electrons. The third kappa shape index (κ3) is 6.80. The number of hydrogen-bond acceptors (Lipinski definition) is 3. The third-order valence-electron chi connectivity index (χ3n) is 4.14. The molecule has 0 spiro atoms. The molecular formula is C23H24Cr2O3. The molecule has 0 unspecified atom stereocenters. The molecule has 0 atom stereocenters. The Labute approximate surface area is 183 Å². The van der Waals surface area contributed by atoms with E-state index in [1.165, 1.54) is 11.1 Å². The van der Waals surface area contributed by atoms with Gasteiger partial charge in [-0.1, -0.05) is 0 Å². The normalized spacial score (nSPS) is 11.2. The molecule has 2 aromatic carbocycles. The zero-order valence-electron chi connectivity index (χ0n) is 16.3. The van der Waals surface area contributed by atoms with Gasteiger partial charge >= 0.3 is 184 Å². The summed E-state index contributed by atoms with van der Waals surface area (Å²) in [7, 11) is 5.01. The molecule has 2 rings (SSSR count). The average molecular weight is 452 g/mol. The van der Waals surface area contributed by atoms with E-state index in [4.69, 9.17) is 14.2 Å². The van der Waals surface area contributed by atoms with Crippen LogP contribution in [0.1, 0.15) is 11.1 Å². The topological polar surface area (TPSA) is 27.7 Å². The van der Waals surface area contributed by atoms with Crippen LogP contribution in [0.25, 0.3) is 11.1 Å². The van der Waals surface area contributed by atoms with Crippen molar-refractivity contribution >= 4 is 9.13 Å². The van der Waals surface area contributed by atoms with Crippen LogP contribution in [0, 0.1) is 0 Å². The van der Waals surface area contributed by atoms with Crippen molar-refractivity contribution in [2.75, 3.05) is 21.3 Å². The van der Waals surface area contributed by atoms with Crippen LogP contribution in [-0.2, 0) is 54.0 Å². The van der Waals surface area contributed by atoms with Crippen molar-refractivity contribution in [3.63, 3.8) is 0 Å². The minimum absolute atomic E-state index is 0.742. The molecule has 146 valence electrons. The summed E-state index contributed by atoms with van der Waals surface area (Å²) in [4.78, 5) is 0. The van der Waals surface area contributed by atoms with Gasteiger partial charge in [0, 0.05) is 0 Å². The van der Waals surface area contributed by atoms with Gasteiger partial charge in [-0.25, -0.2) is 0 Å². The molecule has 0 aliphatic rings. The van der Waals surface area contributed by atoms with Crippen molar-refractivity contribution in [2.24, 2.45) is 0 Å². The van der Waals surface area contributed by atoms with E-state index in [0.717, 1.165) is 38.9 Å². The molecule has 0 fully saturated rings. The summed E-state index contributed by atoms with van der Waals surface area (Å²) in [5.41, 5.74) is 4.62. The first-order chi connectivity index (χ1) is 13.6. The molecule has 0 saturated heterocycles. The Kier molecular flexibility index (Phi) is 9.83. The van der Waals surface area contributed by atoms with Crippen molar-refractivity contribution in [1.82, 2.24) is 0 Å². The summed E-state index contributed by atoms with van der Waals surface area (Å²) in [6, 6.07) is 14.8. The molecule has 0 bridgehead atoms. The van der Waals surface area contributed by atoms with Gasteiger partial charge in [0.2, 0.25) is 0 Å². The molecule has 0 aliphatic heterocycles. The Balaban J connectivity index is 2.44. The molecule has 0 N–H and O–H groups in total. The van der Waals surface area contributed by atoms with Gasteiger partial charge in [-0.15, -0.1) is 0 Å². The summed E-state index contributed by atoms with van der Waals surface area (Å²) in [5, 5.41) is 0. The Morgan fingerprint density at radius 2 is 1.29 bits per heavy atom. The van der Waals surface area contributed by atoms with Crippen LogP contribution in [0.3, 0.4) is 0 Å². The molecular weight excluding hydrogens is 428 g/mol. The van der Waals surface area contributed by atoms with Crippen LogP contribution in [-0.4, -0.2) is 30.5 Å². The fraction of sp³-hybridized carbons (Fsp3) is 0.217. The molecule has 5 heteroatoms. The monoisotopic (exact) mass is 452 g/mol. The Bertz CT molecular complexity index is 822. The predicted octanol–water partition coefficient (Wildman–Crippen LogP) is 4.21. The van der Waals surface area contributed by atoms with Gasteiger partial charge in [-0.05, 0) is 0 Å². The summed E-state index contributed by atoms with van der Waals surface area (Å²) in [5.74, 6) is 0.909. The number of benzene rings is 2. The summed E-state index contributed by atoms with van der Waals surface area (Å²) in [6.45, 7) is 0. The standard InChI is InChI=1S/C23H24O3.2Cr/c1-24-15-9-7-13-20-17-22(19-11-5-4-6-12-19)18-21(23(20)26-3)14-8-10-16-25-2;;/h4-12,17-18H,13-14H2,1-3H3;;/b9-7+,10-8+;;. The number of hydrogen-bond donors (Lipinski definition) is 0. The van der Waals surface area contributed by atoms with Gasteiger partial charge in [0.05, 0.1) is 0 Å². The van der Waals surface area contributed by atoms with Crippen LogP contribution in [0.5, 0.6) is 5.75 Å². The van der Waals surface area contributed by atoms with E-state index >= 15 is 0 Å². The third-order valence-corrected chi connectivity index (χ3v) is 5.09. The molecule has 28 heavy (non-hydrogen) atoms. The summed E-state index contributed by atoms with van der Waals surface area (Å²) in [6.07, 6.45) is 9.48. The van der Waals surface area contributed by atoms with Gasteiger partial charge in [-0.2, -0.15) is 0 Å². The molecule has 3 nitrogen and oxygen atoms in total. The van der Waals surface area contributed by atoms with E-state index in [0.29, 0.717) is 0 Å². The second-order valence-corrected chi connectivity index (χ2v) is 7.21. The maximum absolute atomic E-state index is 5.78. The Morgan fingerprint density at radius 3 is 1.71 bits per heavy atom. The van der Waals surface area contributed by atoms with Crippen molar-refractivity contribution in [3.8, 4) is 16.9 Å². The Hall–Kier alpha value is -1.56. The number of rotatable bonds is 10. The first kappa shape index (κ1) is 22.7. The van der Waals surface area contributed by atoms with Crippen LogP contribution >= 0.6 is 0 Å². The van der Waals surface area contributed by atoms with Crippen LogP contribution in [0.4, 0.5) is 0 Å². The number of methoxy groups -OCH3 is 3.